The maximum Gasteiger partial charge on any atom is 0.460 e. The first-order valence-corrected chi connectivity index (χ1v) is 6.36. The van der Waals surface area contributed by atoms with Crippen molar-refractivity contribution < 1.29 is 56.7 Å². The Balaban J connectivity index is 6.24. The molecule has 0 aromatic heterocycles. The van der Waals surface area contributed by atoms with Crippen LogP contribution < -0.4 is 4.72 Å². The molecule has 1 N–H and O–H groups in total. The molecule has 0 aromatic carbocycles. The highest BCUT2D eigenvalue weighted by atomic mass is 32.2. The Morgan fingerprint density at radius 3 is 1.36 bits per heavy atom. The number of sulfonamides is 1. The predicted octanol–water partition coefficient (Wildman–Crippen LogP) is 2.99. The van der Waals surface area contributed by atoms with Gasteiger partial charge in [0.15, 0.2) is 0 Å². The lowest BCUT2D eigenvalue weighted by Gasteiger charge is -2.36. The van der Waals surface area contributed by atoms with Gasteiger partial charge in [0.1, 0.15) is 0 Å². The second kappa shape index (κ2) is 5.35. The van der Waals surface area contributed by atoms with Gasteiger partial charge in [-0.3, -0.25) is 0 Å². The molecule has 0 fully saturated rings. The Labute approximate surface area is 115 Å². The standard InChI is InChI=1S/C7H6F11NO2S/c1-2-19-22(20,21)7(17,18)5(12,13)3(8,9)4(10,11)6(14,15)16/h19H,2H2,1H3. The van der Waals surface area contributed by atoms with Crippen molar-refractivity contribution in [2.75, 3.05) is 6.54 Å². The fourth-order valence-corrected chi connectivity index (χ4v) is 2.03. The second-order valence-electron chi connectivity index (χ2n) is 3.74. The van der Waals surface area contributed by atoms with Crippen molar-refractivity contribution in [3.05, 3.63) is 0 Å². The van der Waals surface area contributed by atoms with E-state index in [1.54, 1.807) is 0 Å². The average molecular weight is 377 g/mol. The molecule has 22 heavy (non-hydrogen) atoms. The van der Waals surface area contributed by atoms with E-state index in [0.717, 1.165) is 6.92 Å². The third kappa shape index (κ3) is 2.72. The van der Waals surface area contributed by atoms with Crippen molar-refractivity contribution in [1.82, 2.24) is 4.72 Å². The van der Waals surface area contributed by atoms with Crippen LogP contribution in [0.3, 0.4) is 0 Å². The zero-order valence-corrected chi connectivity index (χ0v) is 10.9. The van der Waals surface area contributed by atoms with E-state index >= 15 is 0 Å². The van der Waals surface area contributed by atoms with E-state index in [1.165, 1.54) is 0 Å². The molecule has 0 amide bonds. The summed E-state index contributed by atoms with van der Waals surface area (Å²) in [5, 5.41) is -6.95. The molecule has 0 heterocycles. The largest absolute Gasteiger partial charge is 0.460 e. The van der Waals surface area contributed by atoms with Crippen molar-refractivity contribution in [3.8, 4) is 0 Å². The van der Waals surface area contributed by atoms with E-state index in [-0.39, 0.29) is 0 Å². The van der Waals surface area contributed by atoms with Gasteiger partial charge in [0.05, 0.1) is 0 Å². The Kier molecular flexibility index (Phi) is 5.14. The molecule has 0 spiro atoms. The number of alkyl halides is 11. The molecule has 15 heteroatoms. The van der Waals surface area contributed by atoms with Crippen LogP contribution >= 0.6 is 0 Å². The van der Waals surface area contributed by atoms with E-state index in [2.05, 4.69) is 0 Å². The molecular formula is C7H6F11NO2S. The van der Waals surface area contributed by atoms with Crippen molar-refractivity contribution >= 4 is 10.0 Å². The van der Waals surface area contributed by atoms with Crippen molar-refractivity contribution in [3.63, 3.8) is 0 Å². The Morgan fingerprint density at radius 1 is 0.727 bits per heavy atom. The summed E-state index contributed by atoms with van der Waals surface area (Å²) in [6.45, 7) is -0.316. The van der Waals surface area contributed by atoms with Crippen molar-refractivity contribution in [1.29, 1.82) is 0 Å². The first kappa shape index (κ1) is 21.1. The van der Waals surface area contributed by atoms with Gasteiger partial charge in [0, 0.05) is 6.54 Å². The lowest BCUT2D eigenvalue weighted by Crippen LogP contribution is -2.68. The molecular weight excluding hydrogens is 371 g/mol. The normalized spacial score (nSPS) is 16.0. The van der Waals surface area contributed by atoms with Crippen LogP contribution in [-0.4, -0.2) is 44.2 Å². The SMILES string of the molecule is CCNS(=O)(=O)C(F)(F)C(F)(F)C(F)(F)C(F)(F)C(F)(F)F. The quantitative estimate of drug-likeness (QED) is 0.724. The summed E-state index contributed by atoms with van der Waals surface area (Å²) < 4.78 is 159. The summed E-state index contributed by atoms with van der Waals surface area (Å²) in [5.74, 6) is -22.9. The summed E-state index contributed by atoms with van der Waals surface area (Å²) in [6.07, 6.45) is -7.34. The van der Waals surface area contributed by atoms with E-state index in [4.69, 9.17) is 0 Å². The molecule has 134 valence electrons. The molecule has 0 bridgehead atoms. The van der Waals surface area contributed by atoms with Crippen molar-refractivity contribution in [2.45, 2.75) is 36.1 Å². The fraction of sp³-hybridized carbons (Fsp3) is 1.00. The zero-order valence-electron chi connectivity index (χ0n) is 10.1. The van der Waals surface area contributed by atoms with Crippen LogP contribution in [0, 0.1) is 0 Å². The van der Waals surface area contributed by atoms with Gasteiger partial charge in [-0.1, -0.05) is 6.92 Å². The maximum atomic E-state index is 13.0. The minimum Gasteiger partial charge on any atom is -0.210 e. The highest BCUT2D eigenvalue weighted by Gasteiger charge is 2.89. The lowest BCUT2D eigenvalue weighted by atomic mass is 10.0. The fourth-order valence-electron chi connectivity index (χ4n) is 1.01. The number of halogens is 11. The molecule has 0 rings (SSSR count). The smallest absolute Gasteiger partial charge is 0.210 e. The minimum absolute atomic E-state index is 0.613. The van der Waals surface area contributed by atoms with Gasteiger partial charge >= 0.3 is 29.2 Å². The molecule has 0 aliphatic carbocycles. The minimum atomic E-state index is -7.75. The highest BCUT2D eigenvalue weighted by molar-refractivity contribution is 7.90. The molecule has 0 aliphatic heterocycles. The first-order chi connectivity index (χ1) is 9.31. The maximum absolute atomic E-state index is 13.0. The van der Waals surface area contributed by atoms with Crippen LogP contribution in [0.1, 0.15) is 6.92 Å². The van der Waals surface area contributed by atoms with Crippen LogP contribution in [0.5, 0.6) is 0 Å². The predicted molar refractivity (Wildman–Crippen MR) is 48.4 cm³/mol. The monoisotopic (exact) mass is 377 g/mol. The summed E-state index contributed by atoms with van der Waals surface area (Å²) in [7, 11) is -6.67. The second-order valence-corrected chi connectivity index (χ2v) is 5.55. The van der Waals surface area contributed by atoms with Gasteiger partial charge < -0.3 is 0 Å². The molecule has 3 nitrogen and oxygen atoms in total. The number of rotatable bonds is 6. The number of hydrogen-bond donors (Lipinski definition) is 1. The van der Waals surface area contributed by atoms with Gasteiger partial charge in [-0.25, -0.2) is 13.1 Å². The topological polar surface area (TPSA) is 46.2 Å². The van der Waals surface area contributed by atoms with Crippen LogP contribution in [0.25, 0.3) is 0 Å². The van der Waals surface area contributed by atoms with Crippen LogP contribution in [0.15, 0.2) is 0 Å². The lowest BCUT2D eigenvalue weighted by molar-refractivity contribution is -0.413. The Hall–Kier alpha value is -0.860. The first-order valence-electron chi connectivity index (χ1n) is 4.88. The Bertz CT molecular complexity index is 509. The van der Waals surface area contributed by atoms with Gasteiger partial charge in [0.2, 0.25) is 0 Å². The molecule has 0 unspecified atom stereocenters. The zero-order chi connectivity index (χ0) is 18.4. The van der Waals surface area contributed by atoms with Crippen LogP contribution in [0.2, 0.25) is 0 Å². The third-order valence-electron chi connectivity index (χ3n) is 2.18. The summed E-state index contributed by atoms with van der Waals surface area (Å²) >= 11 is 0. The summed E-state index contributed by atoms with van der Waals surface area (Å²) in [4.78, 5) is 0. The van der Waals surface area contributed by atoms with Crippen LogP contribution in [-0.2, 0) is 10.0 Å². The number of nitrogens with one attached hydrogen (secondary N) is 1. The molecule has 0 saturated heterocycles. The highest BCUT2D eigenvalue weighted by Crippen LogP contribution is 2.58. The molecule has 0 saturated carbocycles. The molecule has 0 radical (unpaired) electrons. The van der Waals surface area contributed by atoms with E-state index in [1.807, 2.05) is 0 Å². The summed E-state index contributed by atoms with van der Waals surface area (Å²) in [5.41, 5.74) is 0. The van der Waals surface area contributed by atoms with Gasteiger partial charge in [-0.2, -0.15) is 48.3 Å². The molecule has 0 aliphatic rings. The van der Waals surface area contributed by atoms with Gasteiger partial charge in [-0.05, 0) is 0 Å². The Morgan fingerprint density at radius 2 is 1.09 bits per heavy atom. The summed E-state index contributed by atoms with van der Waals surface area (Å²) in [6, 6.07) is 0. The van der Waals surface area contributed by atoms with Crippen molar-refractivity contribution in [2.24, 2.45) is 0 Å². The van der Waals surface area contributed by atoms with Gasteiger partial charge in [0.25, 0.3) is 10.0 Å². The third-order valence-corrected chi connectivity index (χ3v) is 3.78. The van der Waals surface area contributed by atoms with E-state index in [9.17, 15) is 56.7 Å². The average Bonchev–Trinajstić information content (AvgIpc) is 2.26. The van der Waals surface area contributed by atoms with Crippen LogP contribution in [0.4, 0.5) is 48.3 Å². The molecule has 0 aromatic rings. The van der Waals surface area contributed by atoms with E-state index < -0.39 is 45.8 Å². The molecule has 0 atom stereocenters. The number of hydrogen-bond acceptors (Lipinski definition) is 2. The van der Waals surface area contributed by atoms with Gasteiger partial charge in [-0.15, -0.1) is 0 Å². The van der Waals surface area contributed by atoms with E-state index in [0.29, 0.717) is 4.72 Å².